The number of halogens is 1. The predicted molar refractivity (Wildman–Crippen MR) is 124 cm³/mol. The number of carboxylic acid groups (broad SMARTS) is 1. The molecule has 176 valence electrons. The van der Waals surface area contributed by atoms with Crippen molar-refractivity contribution in [2.75, 3.05) is 26.2 Å². The van der Waals surface area contributed by atoms with Crippen LogP contribution in [0.4, 0.5) is 4.79 Å². The minimum atomic E-state index is -1.10. The number of fused-ring (bicyclic) bond motifs is 2. The molecule has 4 rings (SSSR count). The zero-order valence-corrected chi connectivity index (χ0v) is 19.6. The van der Waals surface area contributed by atoms with Crippen molar-refractivity contribution in [3.05, 3.63) is 40.0 Å². The topological polar surface area (TPSA) is 100 Å². The number of benzene rings is 1. The number of nitrogens with zero attached hydrogens (tertiary/aromatic N) is 3. The van der Waals surface area contributed by atoms with Crippen LogP contribution in [0.25, 0.3) is 10.9 Å². The summed E-state index contributed by atoms with van der Waals surface area (Å²) < 4.78 is 5.27. The smallest absolute Gasteiger partial charge is 0.407 e. The van der Waals surface area contributed by atoms with E-state index in [2.05, 4.69) is 0 Å². The molecule has 2 aliphatic rings. The Morgan fingerprint density at radius 3 is 2.70 bits per heavy atom. The minimum absolute atomic E-state index is 0.0892. The van der Waals surface area contributed by atoms with Crippen LogP contribution in [-0.2, 0) is 22.4 Å². The van der Waals surface area contributed by atoms with Gasteiger partial charge < -0.3 is 14.7 Å². The van der Waals surface area contributed by atoms with Crippen molar-refractivity contribution >= 4 is 40.5 Å². The number of rotatable bonds is 4. The summed E-state index contributed by atoms with van der Waals surface area (Å²) in [6.45, 7) is 3.89. The van der Waals surface area contributed by atoms with E-state index in [1.165, 1.54) is 4.90 Å². The first kappa shape index (κ1) is 23.3. The molecule has 1 aliphatic carbocycles. The molecule has 0 bridgehead atoms. The predicted octanol–water partition coefficient (Wildman–Crippen LogP) is 3.77. The molecule has 1 fully saturated rings. The van der Waals surface area contributed by atoms with Gasteiger partial charge in [-0.2, -0.15) is 0 Å². The van der Waals surface area contributed by atoms with Crippen LogP contribution in [0, 0.1) is 5.92 Å². The maximum atomic E-state index is 13.3. The van der Waals surface area contributed by atoms with E-state index in [1.807, 2.05) is 6.07 Å². The average Bonchev–Trinajstić information content (AvgIpc) is 2.81. The second-order valence-electron chi connectivity index (χ2n) is 8.96. The van der Waals surface area contributed by atoms with Gasteiger partial charge >= 0.3 is 12.1 Å². The van der Waals surface area contributed by atoms with Crippen LogP contribution < -0.4 is 0 Å². The Kier molecular flexibility index (Phi) is 6.74. The molecule has 1 unspecified atom stereocenters. The summed E-state index contributed by atoms with van der Waals surface area (Å²) in [7, 11) is 0. The first-order valence-corrected chi connectivity index (χ1v) is 11.7. The van der Waals surface area contributed by atoms with Gasteiger partial charge in [-0.3, -0.25) is 19.5 Å². The van der Waals surface area contributed by atoms with Crippen molar-refractivity contribution in [3.63, 3.8) is 0 Å². The van der Waals surface area contributed by atoms with Gasteiger partial charge in [0.2, 0.25) is 0 Å². The summed E-state index contributed by atoms with van der Waals surface area (Å²) in [6.07, 6.45) is 2.90. The number of aryl methyl sites for hydroxylation is 1. The maximum absolute atomic E-state index is 13.3. The van der Waals surface area contributed by atoms with Crippen LogP contribution in [0.1, 0.15) is 48.3 Å². The van der Waals surface area contributed by atoms with E-state index in [0.717, 1.165) is 47.3 Å². The normalized spacial score (nSPS) is 18.4. The van der Waals surface area contributed by atoms with Crippen LogP contribution >= 0.6 is 11.6 Å². The van der Waals surface area contributed by atoms with Crippen molar-refractivity contribution in [2.45, 2.75) is 45.6 Å². The molecule has 1 atom stereocenters. The van der Waals surface area contributed by atoms with E-state index in [1.54, 1.807) is 30.9 Å². The number of pyridine rings is 1. The van der Waals surface area contributed by atoms with Gasteiger partial charge in [0, 0.05) is 36.3 Å². The van der Waals surface area contributed by atoms with Crippen LogP contribution in [0.5, 0.6) is 0 Å². The second kappa shape index (κ2) is 9.55. The van der Waals surface area contributed by atoms with Gasteiger partial charge in [-0.1, -0.05) is 31.5 Å². The third kappa shape index (κ3) is 4.76. The molecule has 1 saturated heterocycles. The molecular formula is C24H28ClN3O5. The number of aromatic nitrogens is 1. The molecule has 33 heavy (non-hydrogen) atoms. The van der Waals surface area contributed by atoms with E-state index in [4.69, 9.17) is 21.3 Å². The zero-order chi connectivity index (χ0) is 23.7. The number of esters is 1. The Morgan fingerprint density at radius 2 is 1.97 bits per heavy atom. The summed E-state index contributed by atoms with van der Waals surface area (Å²) in [5.74, 6) is -0.922. The van der Waals surface area contributed by atoms with Crippen molar-refractivity contribution < 1.29 is 24.2 Å². The summed E-state index contributed by atoms with van der Waals surface area (Å²) in [4.78, 5) is 44.4. The maximum Gasteiger partial charge on any atom is 0.407 e. The molecule has 2 aromatic rings. The molecule has 8 nitrogen and oxygen atoms in total. The third-order valence-corrected chi connectivity index (χ3v) is 6.78. The number of carbonyl (C=O) groups excluding carboxylic acids is 2. The van der Waals surface area contributed by atoms with Gasteiger partial charge in [-0.05, 0) is 43.4 Å². The molecular weight excluding hydrogens is 446 g/mol. The Hall–Kier alpha value is -2.87. The Labute approximate surface area is 197 Å². The van der Waals surface area contributed by atoms with Crippen molar-refractivity contribution in [1.29, 1.82) is 0 Å². The quantitative estimate of drug-likeness (QED) is 0.678. The number of hydrogen-bond donors (Lipinski definition) is 1. The number of amides is 2. The first-order valence-electron chi connectivity index (χ1n) is 11.3. The third-order valence-electron chi connectivity index (χ3n) is 6.35. The molecule has 2 amide bonds. The van der Waals surface area contributed by atoms with E-state index in [9.17, 15) is 19.5 Å². The summed E-state index contributed by atoms with van der Waals surface area (Å²) in [5.41, 5.74) is 3.28. The SMILES string of the molecule is CC(C)C(=O)OCC1CN(C(=O)c2ccc3c(Cl)c4c(nc3c2)CCCC4)CCN1C(=O)O. The summed E-state index contributed by atoms with van der Waals surface area (Å²) >= 11 is 6.65. The van der Waals surface area contributed by atoms with E-state index >= 15 is 0 Å². The summed E-state index contributed by atoms with van der Waals surface area (Å²) in [5, 5.41) is 11.1. The largest absolute Gasteiger partial charge is 0.465 e. The number of carbonyl (C=O) groups is 3. The highest BCUT2D eigenvalue weighted by atomic mass is 35.5. The van der Waals surface area contributed by atoms with E-state index < -0.39 is 18.1 Å². The van der Waals surface area contributed by atoms with Gasteiger partial charge in [-0.15, -0.1) is 0 Å². The van der Waals surface area contributed by atoms with E-state index in [0.29, 0.717) is 11.1 Å². The molecule has 0 radical (unpaired) electrons. The lowest BCUT2D eigenvalue weighted by Gasteiger charge is -2.39. The Bertz CT molecular complexity index is 1100. The molecule has 0 spiro atoms. The lowest BCUT2D eigenvalue weighted by atomic mass is 9.94. The fraction of sp³-hybridized carbons (Fsp3) is 0.500. The highest BCUT2D eigenvalue weighted by Crippen LogP contribution is 2.33. The fourth-order valence-electron chi connectivity index (χ4n) is 4.46. The van der Waals surface area contributed by atoms with Crippen molar-refractivity contribution in [3.8, 4) is 0 Å². The van der Waals surface area contributed by atoms with Crippen LogP contribution in [0.2, 0.25) is 5.02 Å². The minimum Gasteiger partial charge on any atom is -0.465 e. The highest BCUT2D eigenvalue weighted by molar-refractivity contribution is 6.36. The molecule has 1 N–H and O–H groups in total. The lowest BCUT2D eigenvalue weighted by Crippen LogP contribution is -2.58. The van der Waals surface area contributed by atoms with Crippen LogP contribution in [-0.4, -0.2) is 70.1 Å². The molecule has 2 heterocycles. The Morgan fingerprint density at radius 1 is 1.21 bits per heavy atom. The average molecular weight is 474 g/mol. The van der Waals surface area contributed by atoms with Crippen molar-refractivity contribution in [2.24, 2.45) is 5.92 Å². The van der Waals surface area contributed by atoms with Gasteiger partial charge in [0.15, 0.2) is 0 Å². The van der Waals surface area contributed by atoms with Crippen LogP contribution in [0.3, 0.4) is 0 Å². The molecule has 0 saturated carbocycles. The molecule has 1 aromatic heterocycles. The van der Waals surface area contributed by atoms with Gasteiger partial charge in [-0.25, -0.2) is 4.79 Å². The Balaban J connectivity index is 1.55. The highest BCUT2D eigenvalue weighted by Gasteiger charge is 2.34. The fourth-order valence-corrected chi connectivity index (χ4v) is 4.83. The first-order chi connectivity index (χ1) is 15.8. The van der Waals surface area contributed by atoms with Gasteiger partial charge in [0.05, 0.1) is 22.5 Å². The lowest BCUT2D eigenvalue weighted by molar-refractivity contribution is -0.149. The molecule has 9 heteroatoms. The zero-order valence-electron chi connectivity index (χ0n) is 18.8. The number of ether oxygens (including phenoxy) is 1. The van der Waals surface area contributed by atoms with Crippen LogP contribution in [0.15, 0.2) is 18.2 Å². The number of piperazine rings is 1. The number of hydrogen-bond acceptors (Lipinski definition) is 5. The monoisotopic (exact) mass is 473 g/mol. The van der Waals surface area contributed by atoms with E-state index in [-0.39, 0.29) is 38.1 Å². The summed E-state index contributed by atoms with van der Waals surface area (Å²) in [6, 6.07) is 4.71. The van der Waals surface area contributed by atoms with Crippen molar-refractivity contribution in [1.82, 2.24) is 14.8 Å². The standard InChI is InChI=1S/C24H28ClN3O5/c1-14(2)23(30)33-13-16-12-27(9-10-28(16)24(31)32)22(29)15-7-8-18-20(11-15)26-19-6-4-3-5-17(19)21(18)25/h7-8,11,14,16H,3-6,9-10,12-13H2,1-2H3,(H,31,32). The van der Waals surface area contributed by atoms with Gasteiger partial charge in [0.1, 0.15) is 6.61 Å². The second-order valence-corrected chi connectivity index (χ2v) is 9.33. The molecule has 1 aromatic carbocycles. The van der Waals surface area contributed by atoms with Gasteiger partial charge in [0.25, 0.3) is 5.91 Å². The molecule has 1 aliphatic heterocycles.